The number of likely N-dealkylation sites (tertiary alicyclic amines) is 1. The number of rotatable bonds is 5. The van der Waals surface area contributed by atoms with E-state index in [1.165, 1.54) is 6.07 Å². The van der Waals surface area contributed by atoms with Crippen LogP contribution in [-0.4, -0.2) is 44.0 Å². The molecule has 0 radical (unpaired) electrons. The highest BCUT2D eigenvalue weighted by Gasteiger charge is 2.24. The standard InChI is InChI=1S/C15H19F2NO2/c1-20-10-11-4-3-7-18(8-11)9-14(19)15-12(16)5-2-6-13(15)17/h2,5-6,11H,3-4,7-10H2,1H3. The lowest BCUT2D eigenvalue weighted by Crippen LogP contribution is -2.40. The van der Waals surface area contributed by atoms with Gasteiger partial charge in [0.1, 0.15) is 11.6 Å². The quantitative estimate of drug-likeness (QED) is 0.778. The molecule has 0 aliphatic carbocycles. The molecule has 0 bridgehead atoms. The van der Waals surface area contributed by atoms with Crippen molar-refractivity contribution >= 4 is 5.78 Å². The topological polar surface area (TPSA) is 29.5 Å². The lowest BCUT2D eigenvalue weighted by molar-refractivity contribution is 0.0752. The normalized spacial score (nSPS) is 20.1. The van der Waals surface area contributed by atoms with Gasteiger partial charge in [0.25, 0.3) is 0 Å². The van der Waals surface area contributed by atoms with Gasteiger partial charge in [-0.2, -0.15) is 0 Å². The molecule has 0 N–H and O–H groups in total. The monoisotopic (exact) mass is 283 g/mol. The van der Waals surface area contributed by atoms with Gasteiger partial charge in [-0.25, -0.2) is 8.78 Å². The Labute approximate surface area is 117 Å². The third-order valence-electron chi connectivity index (χ3n) is 3.61. The van der Waals surface area contributed by atoms with E-state index in [9.17, 15) is 13.6 Å². The van der Waals surface area contributed by atoms with Gasteiger partial charge >= 0.3 is 0 Å². The summed E-state index contributed by atoms with van der Waals surface area (Å²) >= 11 is 0. The molecule has 1 aromatic rings. The molecule has 1 fully saturated rings. The highest BCUT2D eigenvalue weighted by atomic mass is 19.1. The van der Waals surface area contributed by atoms with Gasteiger partial charge in [-0.05, 0) is 37.4 Å². The molecule has 2 rings (SSSR count). The fraction of sp³-hybridized carbons (Fsp3) is 0.533. The van der Waals surface area contributed by atoms with Crippen LogP contribution >= 0.6 is 0 Å². The third kappa shape index (κ3) is 3.61. The summed E-state index contributed by atoms with van der Waals surface area (Å²) in [5.74, 6) is -1.70. The van der Waals surface area contributed by atoms with E-state index in [0.717, 1.165) is 38.1 Å². The van der Waals surface area contributed by atoms with E-state index in [1.54, 1.807) is 7.11 Å². The number of benzene rings is 1. The molecule has 0 amide bonds. The van der Waals surface area contributed by atoms with Crippen LogP contribution < -0.4 is 0 Å². The molecule has 0 spiro atoms. The molecule has 0 aromatic heterocycles. The second kappa shape index (κ2) is 6.90. The highest BCUT2D eigenvalue weighted by molar-refractivity contribution is 5.98. The number of ketones is 1. The molecule has 1 aliphatic rings. The molecule has 3 nitrogen and oxygen atoms in total. The summed E-state index contributed by atoms with van der Waals surface area (Å²) in [4.78, 5) is 14.0. The largest absolute Gasteiger partial charge is 0.384 e. The Morgan fingerprint density at radius 1 is 1.40 bits per heavy atom. The van der Waals surface area contributed by atoms with E-state index >= 15 is 0 Å². The van der Waals surface area contributed by atoms with E-state index in [4.69, 9.17) is 4.74 Å². The van der Waals surface area contributed by atoms with Crippen molar-refractivity contribution in [3.05, 3.63) is 35.4 Å². The van der Waals surface area contributed by atoms with Crippen molar-refractivity contribution < 1.29 is 18.3 Å². The van der Waals surface area contributed by atoms with Gasteiger partial charge in [0.05, 0.1) is 18.7 Å². The van der Waals surface area contributed by atoms with Crippen LogP contribution in [0.1, 0.15) is 23.2 Å². The van der Waals surface area contributed by atoms with Crippen LogP contribution in [0, 0.1) is 17.6 Å². The minimum atomic E-state index is -0.791. The van der Waals surface area contributed by atoms with Gasteiger partial charge in [0.2, 0.25) is 0 Å². The molecule has 20 heavy (non-hydrogen) atoms. The second-order valence-corrected chi connectivity index (χ2v) is 5.22. The number of methoxy groups -OCH3 is 1. The van der Waals surface area contributed by atoms with Gasteiger partial charge in [-0.15, -0.1) is 0 Å². The van der Waals surface area contributed by atoms with Crippen LogP contribution in [0.4, 0.5) is 8.78 Å². The fourth-order valence-corrected chi connectivity index (χ4v) is 2.71. The Kier molecular flexibility index (Phi) is 5.20. The smallest absolute Gasteiger partial charge is 0.182 e. The van der Waals surface area contributed by atoms with Crippen molar-refractivity contribution in [2.45, 2.75) is 12.8 Å². The van der Waals surface area contributed by atoms with Gasteiger partial charge in [-0.3, -0.25) is 9.69 Å². The number of carbonyl (C=O) groups excluding carboxylic acids is 1. The summed E-state index contributed by atoms with van der Waals surface area (Å²) in [5.41, 5.74) is -0.429. The summed E-state index contributed by atoms with van der Waals surface area (Å²) in [6.07, 6.45) is 2.04. The second-order valence-electron chi connectivity index (χ2n) is 5.22. The van der Waals surface area contributed by atoms with Crippen molar-refractivity contribution in [1.29, 1.82) is 0 Å². The Morgan fingerprint density at radius 3 is 2.75 bits per heavy atom. The zero-order valence-corrected chi connectivity index (χ0v) is 11.6. The number of Topliss-reactive ketones (excluding diaryl/α,β-unsaturated/α-hetero) is 1. The maximum atomic E-state index is 13.6. The van der Waals surface area contributed by atoms with E-state index < -0.39 is 23.0 Å². The summed E-state index contributed by atoms with van der Waals surface area (Å²) in [6.45, 7) is 2.22. The van der Waals surface area contributed by atoms with Crippen molar-refractivity contribution in [3.63, 3.8) is 0 Å². The first-order valence-electron chi connectivity index (χ1n) is 6.80. The van der Waals surface area contributed by atoms with Gasteiger partial charge < -0.3 is 4.74 Å². The average molecular weight is 283 g/mol. The summed E-state index contributed by atoms with van der Waals surface area (Å²) in [6, 6.07) is 3.48. The molecule has 110 valence electrons. The first-order chi connectivity index (χ1) is 9.61. The number of hydrogen-bond donors (Lipinski definition) is 0. The molecular formula is C15H19F2NO2. The summed E-state index contributed by atoms with van der Waals surface area (Å²) < 4.78 is 32.2. The van der Waals surface area contributed by atoms with Crippen LogP contribution in [0.15, 0.2) is 18.2 Å². The van der Waals surface area contributed by atoms with Gasteiger partial charge in [0, 0.05) is 13.7 Å². The lowest BCUT2D eigenvalue weighted by atomic mass is 9.98. The van der Waals surface area contributed by atoms with Crippen LogP contribution in [0.5, 0.6) is 0 Å². The first-order valence-corrected chi connectivity index (χ1v) is 6.80. The van der Waals surface area contributed by atoms with Crippen LogP contribution in [0.25, 0.3) is 0 Å². The number of piperidine rings is 1. The molecule has 5 heteroatoms. The first kappa shape index (κ1) is 15.1. The number of ether oxygens (including phenoxy) is 1. The van der Waals surface area contributed by atoms with E-state index in [-0.39, 0.29) is 6.54 Å². The predicted octanol–water partition coefficient (Wildman–Crippen LogP) is 2.51. The maximum Gasteiger partial charge on any atom is 0.182 e. The summed E-state index contributed by atoms with van der Waals surface area (Å²) in [7, 11) is 1.65. The maximum absolute atomic E-state index is 13.6. The molecule has 1 aromatic carbocycles. The molecular weight excluding hydrogens is 264 g/mol. The fourth-order valence-electron chi connectivity index (χ4n) is 2.71. The Hall–Kier alpha value is -1.33. The summed E-state index contributed by atoms with van der Waals surface area (Å²) in [5, 5.41) is 0. The Morgan fingerprint density at radius 2 is 2.10 bits per heavy atom. The SMILES string of the molecule is COCC1CCCN(CC(=O)c2c(F)cccc2F)C1. The Balaban J connectivity index is 2.01. The van der Waals surface area contributed by atoms with E-state index in [1.807, 2.05) is 4.90 Å². The molecule has 1 atom stereocenters. The van der Waals surface area contributed by atoms with Crippen LogP contribution in [0.3, 0.4) is 0 Å². The Bertz CT molecular complexity index is 457. The number of nitrogens with zero attached hydrogens (tertiary/aromatic N) is 1. The minimum Gasteiger partial charge on any atom is -0.384 e. The lowest BCUT2D eigenvalue weighted by Gasteiger charge is -2.31. The van der Waals surface area contributed by atoms with Crippen molar-refractivity contribution in [3.8, 4) is 0 Å². The van der Waals surface area contributed by atoms with Gasteiger partial charge in [-0.1, -0.05) is 6.07 Å². The third-order valence-corrected chi connectivity index (χ3v) is 3.61. The average Bonchev–Trinajstić information content (AvgIpc) is 2.39. The molecule has 1 unspecified atom stereocenters. The molecule has 1 saturated heterocycles. The molecule has 0 saturated carbocycles. The van der Waals surface area contributed by atoms with Crippen molar-refractivity contribution in [1.82, 2.24) is 4.90 Å². The highest BCUT2D eigenvalue weighted by Crippen LogP contribution is 2.18. The number of carbonyl (C=O) groups is 1. The van der Waals surface area contributed by atoms with Crippen molar-refractivity contribution in [2.75, 3.05) is 33.4 Å². The van der Waals surface area contributed by atoms with E-state index in [0.29, 0.717) is 12.5 Å². The molecule has 1 aliphatic heterocycles. The van der Waals surface area contributed by atoms with Crippen molar-refractivity contribution in [2.24, 2.45) is 5.92 Å². The van der Waals surface area contributed by atoms with Crippen LogP contribution in [-0.2, 0) is 4.74 Å². The predicted molar refractivity (Wildman–Crippen MR) is 71.7 cm³/mol. The molecule has 1 heterocycles. The van der Waals surface area contributed by atoms with Gasteiger partial charge in [0.15, 0.2) is 5.78 Å². The zero-order chi connectivity index (χ0) is 14.5. The van der Waals surface area contributed by atoms with Crippen LogP contribution in [0.2, 0.25) is 0 Å². The van der Waals surface area contributed by atoms with E-state index in [2.05, 4.69) is 0 Å². The zero-order valence-electron chi connectivity index (χ0n) is 11.6. The minimum absolute atomic E-state index is 0.0536. The number of hydrogen-bond acceptors (Lipinski definition) is 3. The number of halogens is 2.